The number of rotatable bonds is 7. The topological polar surface area (TPSA) is 58.7 Å². The number of carbonyl (C=O) groups excluding carboxylic acids is 2. The number of para-hydroxylation sites is 2. The number of unbranched alkanes of at least 4 members (excludes halogenated alkanes) is 1. The highest BCUT2D eigenvalue weighted by Gasteiger charge is 2.38. The van der Waals surface area contributed by atoms with Crippen molar-refractivity contribution in [3.8, 4) is 5.69 Å². The van der Waals surface area contributed by atoms with Crippen molar-refractivity contribution >= 4 is 29.1 Å². The van der Waals surface area contributed by atoms with Crippen LogP contribution in [0.1, 0.15) is 47.6 Å². The zero-order chi connectivity index (χ0) is 24.4. The molecule has 35 heavy (non-hydrogen) atoms. The summed E-state index contributed by atoms with van der Waals surface area (Å²) in [5.74, 6) is 0.268. The van der Waals surface area contributed by atoms with E-state index >= 15 is 0 Å². The summed E-state index contributed by atoms with van der Waals surface area (Å²) in [6.45, 7) is 2.48. The van der Waals surface area contributed by atoms with Gasteiger partial charge >= 0.3 is 0 Å². The van der Waals surface area contributed by atoms with Gasteiger partial charge in [0, 0.05) is 23.3 Å². The maximum Gasteiger partial charge on any atom is 0.254 e. The average molecular weight is 488 g/mol. The van der Waals surface area contributed by atoms with Gasteiger partial charge in [0.2, 0.25) is 5.91 Å². The highest BCUT2D eigenvalue weighted by molar-refractivity contribution is 6.31. The number of carbonyl (C=O) groups is 2. The average Bonchev–Trinajstić information content (AvgIpc) is 3.58. The normalized spacial score (nSPS) is 14.3. The van der Waals surface area contributed by atoms with E-state index in [1.165, 1.54) is 0 Å². The Morgan fingerprint density at radius 3 is 2.57 bits per heavy atom. The van der Waals surface area contributed by atoms with Crippen LogP contribution in [0.5, 0.6) is 0 Å². The minimum absolute atomic E-state index is 0.0579. The molecule has 1 aliphatic heterocycles. The molecule has 0 saturated carbocycles. The van der Waals surface area contributed by atoms with Gasteiger partial charge in [0.05, 0.1) is 23.3 Å². The highest BCUT2D eigenvalue weighted by Crippen LogP contribution is 2.42. The summed E-state index contributed by atoms with van der Waals surface area (Å²) in [5.41, 5.74) is 3.07. The second kappa shape index (κ2) is 9.84. The van der Waals surface area contributed by atoms with E-state index in [4.69, 9.17) is 16.0 Å². The fraction of sp³-hybridized carbons (Fsp3) is 0.214. The summed E-state index contributed by atoms with van der Waals surface area (Å²) in [6.07, 6.45) is 5.30. The van der Waals surface area contributed by atoms with Crippen molar-refractivity contribution in [2.45, 2.75) is 25.8 Å². The van der Waals surface area contributed by atoms with Crippen molar-refractivity contribution in [1.82, 2.24) is 9.47 Å². The van der Waals surface area contributed by atoms with E-state index in [-0.39, 0.29) is 18.4 Å². The van der Waals surface area contributed by atoms with Gasteiger partial charge in [0.25, 0.3) is 5.91 Å². The Morgan fingerprint density at radius 1 is 1.00 bits per heavy atom. The molecule has 0 saturated heterocycles. The molecular formula is C28H26ClN3O3. The van der Waals surface area contributed by atoms with Gasteiger partial charge in [0.1, 0.15) is 18.3 Å². The predicted molar refractivity (Wildman–Crippen MR) is 136 cm³/mol. The number of hydrogen-bond donors (Lipinski definition) is 0. The van der Waals surface area contributed by atoms with Crippen LogP contribution < -0.4 is 4.90 Å². The van der Waals surface area contributed by atoms with Crippen LogP contribution in [0.3, 0.4) is 0 Å². The number of halogens is 1. The number of benzene rings is 2. The molecule has 2 amide bonds. The molecule has 0 spiro atoms. The van der Waals surface area contributed by atoms with Crippen LogP contribution in [0, 0.1) is 0 Å². The second-order valence-corrected chi connectivity index (χ2v) is 9.00. The summed E-state index contributed by atoms with van der Waals surface area (Å²) >= 11 is 6.14. The van der Waals surface area contributed by atoms with Crippen LogP contribution in [0.2, 0.25) is 5.02 Å². The molecule has 3 heterocycles. The fourth-order valence-electron chi connectivity index (χ4n) is 4.62. The number of anilines is 1. The van der Waals surface area contributed by atoms with E-state index in [9.17, 15) is 9.59 Å². The lowest BCUT2D eigenvalue weighted by molar-refractivity contribution is -0.119. The Hall–Kier alpha value is -3.77. The van der Waals surface area contributed by atoms with E-state index in [1.54, 1.807) is 40.3 Å². The number of amides is 2. The lowest BCUT2D eigenvalue weighted by Crippen LogP contribution is -2.47. The van der Waals surface area contributed by atoms with Crippen LogP contribution in [-0.2, 0) is 4.79 Å². The van der Waals surface area contributed by atoms with E-state index < -0.39 is 6.04 Å². The Labute approximate surface area is 209 Å². The van der Waals surface area contributed by atoms with Crippen molar-refractivity contribution in [3.05, 3.63) is 107 Å². The first-order valence-electron chi connectivity index (χ1n) is 11.8. The third-order valence-corrected chi connectivity index (χ3v) is 6.50. The Morgan fingerprint density at radius 2 is 1.83 bits per heavy atom. The van der Waals surface area contributed by atoms with Gasteiger partial charge in [-0.05, 0) is 61.0 Å². The van der Waals surface area contributed by atoms with E-state index in [0.717, 1.165) is 29.9 Å². The molecule has 2 aromatic heterocycles. The van der Waals surface area contributed by atoms with Gasteiger partial charge in [0.15, 0.2) is 0 Å². The lowest BCUT2D eigenvalue weighted by Gasteiger charge is -2.38. The quantitative estimate of drug-likeness (QED) is 0.316. The molecule has 4 aromatic rings. The molecule has 178 valence electrons. The first-order chi connectivity index (χ1) is 17.1. The number of nitrogens with zero attached hydrogens (tertiary/aromatic N) is 3. The first-order valence-corrected chi connectivity index (χ1v) is 12.1. The number of fused-ring (bicyclic) bond motifs is 3. The molecule has 0 bridgehead atoms. The third-order valence-electron chi connectivity index (χ3n) is 6.27. The zero-order valence-corrected chi connectivity index (χ0v) is 20.2. The van der Waals surface area contributed by atoms with Crippen LogP contribution in [0.15, 0.2) is 89.7 Å². The SMILES string of the molecule is CCCCN(CC(=O)N1c2ccccc2-n2cccc2C1c1ccco1)C(=O)c1cccc(Cl)c1. The number of furan rings is 1. The summed E-state index contributed by atoms with van der Waals surface area (Å²) in [5, 5.41) is 0.487. The second-order valence-electron chi connectivity index (χ2n) is 8.56. The lowest BCUT2D eigenvalue weighted by atomic mass is 10.0. The van der Waals surface area contributed by atoms with Crippen molar-refractivity contribution in [1.29, 1.82) is 0 Å². The van der Waals surface area contributed by atoms with Gasteiger partial charge in [-0.3, -0.25) is 14.5 Å². The highest BCUT2D eigenvalue weighted by atomic mass is 35.5. The minimum atomic E-state index is -0.448. The number of hydrogen-bond acceptors (Lipinski definition) is 3. The van der Waals surface area contributed by atoms with Crippen LogP contribution in [0.25, 0.3) is 5.69 Å². The zero-order valence-electron chi connectivity index (χ0n) is 19.4. The smallest absolute Gasteiger partial charge is 0.254 e. The maximum absolute atomic E-state index is 14.0. The van der Waals surface area contributed by atoms with E-state index in [1.807, 2.05) is 54.7 Å². The van der Waals surface area contributed by atoms with Crippen molar-refractivity contribution < 1.29 is 14.0 Å². The van der Waals surface area contributed by atoms with Crippen LogP contribution in [-0.4, -0.2) is 34.4 Å². The number of aromatic nitrogens is 1. The molecular weight excluding hydrogens is 462 g/mol. The molecule has 0 N–H and O–H groups in total. The van der Waals surface area contributed by atoms with Crippen molar-refractivity contribution in [2.24, 2.45) is 0 Å². The summed E-state index contributed by atoms with van der Waals surface area (Å²) < 4.78 is 7.87. The van der Waals surface area contributed by atoms with Gasteiger partial charge in [-0.15, -0.1) is 0 Å². The molecule has 0 aliphatic carbocycles. The Kier molecular flexibility index (Phi) is 6.47. The fourth-order valence-corrected chi connectivity index (χ4v) is 4.81. The van der Waals surface area contributed by atoms with Gasteiger partial charge in [-0.2, -0.15) is 0 Å². The van der Waals surface area contributed by atoms with Crippen molar-refractivity contribution in [2.75, 3.05) is 18.0 Å². The van der Waals surface area contributed by atoms with Crippen LogP contribution >= 0.6 is 11.6 Å². The van der Waals surface area contributed by atoms with Gasteiger partial charge < -0.3 is 13.9 Å². The van der Waals surface area contributed by atoms with E-state index in [0.29, 0.717) is 22.9 Å². The Balaban J connectivity index is 1.53. The summed E-state index contributed by atoms with van der Waals surface area (Å²) in [7, 11) is 0. The summed E-state index contributed by atoms with van der Waals surface area (Å²) in [6, 6.07) is 21.8. The standard InChI is InChI=1S/C28H26ClN3O3/c1-2-3-15-30(28(34)20-9-6-10-21(29)18-20)19-26(33)32-23-12-5-4-11-22(23)31-16-7-13-24(31)27(32)25-14-8-17-35-25/h4-14,16-18,27H,2-3,15,19H2,1H3. The molecule has 1 unspecified atom stereocenters. The maximum atomic E-state index is 14.0. The van der Waals surface area contributed by atoms with E-state index in [2.05, 4.69) is 11.5 Å². The molecule has 1 atom stereocenters. The molecule has 5 rings (SSSR count). The molecule has 7 heteroatoms. The minimum Gasteiger partial charge on any atom is -0.467 e. The predicted octanol–water partition coefficient (Wildman–Crippen LogP) is 6.10. The largest absolute Gasteiger partial charge is 0.467 e. The van der Waals surface area contributed by atoms with Gasteiger partial charge in [-0.25, -0.2) is 0 Å². The molecule has 1 aliphatic rings. The molecule has 0 radical (unpaired) electrons. The summed E-state index contributed by atoms with van der Waals surface area (Å²) in [4.78, 5) is 30.8. The van der Waals surface area contributed by atoms with Crippen molar-refractivity contribution in [3.63, 3.8) is 0 Å². The Bertz CT molecular complexity index is 1350. The third kappa shape index (κ3) is 4.37. The monoisotopic (exact) mass is 487 g/mol. The molecule has 2 aromatic carbocycles. The molecule has 6 nitrogen and oxygen atoms in total. The first kappa shape index (κ1) is 23.0. The van der Waals surface area contributed by atoms with Gasteiger partial charge in [-0.1, -0.05) is 43.1 Å². The molecule has 0 fully saturated rings. The van der Waals surface area contributed by atoms with Crippen LogP contribution in [0.4, 0.5) is 5.69 Å².